The summed E-state index contributed by atoms with van der Waals surface area (Å²) >= 11 is 4.96. The van der Waals surface area contributed by atoms with E-state index in [4.69, 9.17) is 0 Å². The number of amides is 1. The number of carbonyl (C=O) groups excluding carboxylic acids is 1. The minimum atomic E-state index is -0.0506. The average Bonchev–Trinajstić information content (AvgIpc) is 3.09. The highest BCUT2D eigenvalue weighted by Crippen LogP contribution is 2.18. The van der Waals surface area contributed by atoms with E-state index in [1.807, 2.05) is 50.4 Å². The Bertz CT molecular complexity index is 948. The normalized spacial score (nSPS) is 10.9. The predicted molar refractivity (Wildman–Crippen MR) is 116 cm³/mol. The molecule has 3 rings (SSSR count). The number of nitrogens with one attached hydrogen (secondary N) is 1. The number of aryl methyl sites for hydroxylation is 2. The number of carbonyl (C=O) groups is 1. The molecule has 3 aromatic rings. The molecule has 0 saturated carbocycles. The number of nitrogens with zero attached hydrogens (tertiary/aromatic N) is 4. The molecular formula is C20H22BrN5OS. The molecule has 0 bridgehead atoms. The Labute approximate surface area is 177 Å². The van der Waals surface area contributed by atoms with Gasteiger partial charge in [0.1, 0.15) is 5.82 Å². The molecule has 8 heteroatoms. The molecule has 146 valence electrons. The van der Waals surface area contributed by atoms with Gasteiger partial charge in [0, 0.05) is 28.3 Å². The van der Waals surface area contributed by atoms with Crippen LogP contribution in [0.2, 0.25) is 0 Å². The number of hydrogen-bond donors (Lipinski definition) is 1. The molecule has 1 N–H and O–H groups in total. The summed E-state index contributed by atoms with van der Waals surface area (Å²) in [6, 6.07) is 9.85. The van der Waals surface area contributed by atoms with Gasteiger partial charge >= 0.3 is 0 Å². The first-order valence-electron chi connectivity index (χ1n) is 8.90. The molecule has 0 unspecified atom stereocenters. The topological polar surface area (TPSA) is 72.7 Å². The van der Waals surface area contributed by atoms with Crippen LogP contribution < -0.4 is 5.32 Å². The van der Waals surface area contributed by atoms with E-state index in [-0.39, 0.29) is 5.91 Å². The number of anilines is 1. The molecule has 0 fully saturated rings. The lowest BCUT2D eigenvalue weighted by molar-refractivity contribution is -0.116. The van der Waals surface area contributed by atoms with E-state index in [2.05, 4.69) is 36.3 Å². The first-order chi connectivity index (χ1) is 13.5. The van der Waals surface area contributed by atoms with E-state index in [0.29, 0.717) is 25.2 Å². The van der Waals surface area contributed by atoms with Crippen LogP contribution in [0.25, 0.3) is 0 Å². The van der Waals surface area contributed by atoms with Crippen molar-refractivity contribution in [3.8, 4) is 0 Å². The van der Waals surface area contributed by atoms with Gasteiger partial charge in [0.05, 0.1) is 12.7 Å². The molecule has 0 aliphatic heterocycles. The third kappa shape index (κ3) is 5.20. The molecule has 0 saturated heterocycles. The smallest absolute Gasteiger partial charge is 0.225 e. The number of rotatable bonds is 7. The number of hydrogen-bond acceptors (Lipinski definition) is 5. The molecule has 1 amide bonds. The molecule has 2 heterocycles. The van der Waals surface area contributed by atoms with Crippen molar-refractivity contribution >= 4 is 39.4 Å². The van der Waals surface area contributed by atoms with Crippen LogP contribution in [0.3, 0.4) is 0 Å². The van der Waals surface area contributed by atoms with Gasteiger partial charge in [0.2, 0.25) is 5.91 Å². The Morgan fingerprint density at radius 2 is 1.82 bits per heavy atom. The number of benzene rings is 1. The van der Waals surface area contributed by atoms with Gasteiger partial charge in [-0.2, -0.15) is 5.10 Å². The molecule has 28 heavy (non-hydrogen) atoms. The second-order valence-corrected chi connectivity index (χ2v) is 8.10. The van der Waals surface area contributed by atoms with Crippen molar-refractivity contribution in [3.05, 3.63) is 63.5 Å². The lowest BCUT2D eigenvalue weighted by Gasteiger charge is -2.11. The first kappa shape index (κ1) is 20.5. The van der Waals surface area contributed by atoms with E-state index in [9.17, 15) is 4.79 Å². The fourth-order valence-corrected chi connectivity index (χ4v) is 3.65. The van der Waals surface area contributed by atoms with Gasteiger partial charge in [0.15, 0.2) is 5.16 Å². The quantitative estimate of drug-likeness (QED) is 0.418. The molecule has 0 aliphatic rings. The monoisotopic (exact) mass is 459 g/mol. The fourth-order valence-electron chi connectivity index (χ4n) is 2.93. The summed E-state index contributed by atoms with van der Waals surface area (Å²) in [5, 5.41) is 8.05. The second-order valence-electron chi connectivity index (χ2n) is 6.41. The van der Waals surface area contributed by atoms with Crippen molar-refractivity contribution < 1.29 is 4.79 Å². The number of halogens is 1. The first-order valence-corrected chi connectivity index (χ1v) is 10.9. The van der Waals surface area contributed by atoms with E-state index in [1.54, 1.807) is 10.9 Å². The maximum absolute atomic E-state index is 12.5. The number of thioether (sulfide) groups is 1. The minimum Gasteiger partial charge on any atom is -0.311 e. The summed E-state index contributed by atoms with van der Waals surface area (Å²) in [6.07, 6.45) is 4.63. The van der Waals surface area contributed by atoms with E-state index in [0.717, 1.165) is 32.1 Å². The van der Waals surface area contributed by atoms with Crippen molar-refractivity contribution in [1.82, 2.24) is 19.7 Å². The zero-order valence-corrected chi connectivity index (χ0v) is 18.5. The van der Waals surface area contributed by atoms with Gasteiger partial charge in [-0.3, -0.25) is 4.79 Å². The highest BCUT2D eigenvalue weighted by atomic mass is 79.9. The summed E-state index contributed by atoms with van der Waals surface area (Å²) in [6.45, 7) is 4.53. The highest BCUT2D eigenvalue weighted by molar-refractivity contribution is 9.10. The van der Waals surface area contributed by atoms with Crippen LogP contribution in [0, 0.1) is 13.8 Å². The van der Waals surface area contributed by atoms with Crippen molar-refractivity contribution in [2.45, 2.75) is 38.4 Å². The molecule has 0 radical (unpaired) electrons. The maximum atomic E-state index is 12.5. The van der Waals surface area contributed by atoms with Gasteiger partial charge in [-0.25, -0.2) is 14.6 Å². The molecule has 0 spiro atoms. The van der Waals surface area contributed by atoms with E-state index < -0.39 is 0 Å². The maximum Gasteiger partial charge on any atom is 0.225 e. The SMILES string of the molecule is CSc1nc(C)c(CCC(=O)Nc2ccnn2Cc2ccc(Br)cc2)c(C)n1. The van der Waals surface area contributed by atoms with Gasteiger partial charge in [-0.05, 0) is 49.8 Å². The average molecular weight is 460 g/mol. The summed E-state index contributed by atoms with van der Waals surface area (Å²) in [5.41, 5.74) is 4.02. The molecule has 0 aliphatic carbocycles. The van der Waals surface area contributed by atoms with Crippen molar-refractivity contribution in [2.75, 3.05) is 11.6 Å². The molecular weight excluding hydrogens is 438 g/mol. The van der Waals surface area contributed by atoms with Crippen LogP contribution in [-0.4, -0.2) is 31.9 Å². The summed E-state index contributed by atoms with van der Waals surface area (Å²) < 4.78 is 2.82. The number of aromatic nitrogens is 4. The second kappa shape index (κ2) is 9.34. The van der Waals surface area contributed by atoms with E-state index in [1.165, 1.54) is 11.8 Å². The Balaban J connectivity index is 1.62. The van der Waals surface area contributed by atoms with Crippen LogP contribution >= 0.6 is 27.7 Å². The molecule has 0 atom stereocenters. The standard InChI is InChI=1S/C20H22BrN5OS/c1-13-17(14(2)24-20(23-13)28-3)8-9-19(27)25-18-10-11-22-26(18)12-15-4-6-16(21)7-5-15/h4-7,10-11H,8-9,12H2,1-3H3,(H,25,27). The largest absolute Gasteiger partial charge is 0.311 e. The predicted octanol–water partition coefficient (Wildman–Crippen LogP) is 4.39. The Morgan fingerprint density at radius 1 is 1.14 bits per heavy atom. The lowest BCUT2D eigenvalue weighted by atomic mass is 10.1. The van der Waals surface area contributed by atoms with Gasteiger partial charge in [-0.15, -0.1) is 0 Å². The third-order valence-electron chi connectivity index (χ3n) is 4.41. The van der Waals surface area contributed by atoms with Crippen LogP contribution in [0.4, 0.5) is 5.82 Å². The fraction of sp³-hybridized carbons (Fsp3) is 0.300. The van der Waals surface area contributed by atoms with Crippen LogP contribution in [0.5, 0.6) is 0 Å². The van der Waals surface area contributed by atoms with Crippen molar-refractivity contribution in [2.24, 2.45) is 0 Å². The lowest BCUT2D eigenvalue weighted by Crippen LogP contribution is -2.17. The van der Waals surface area contributed by atoms with Crippen LogP contribution in [-0.2, 0) is 17.8 Å². The summed E-state index contributed by atoms with van der Waals surface area (Å²) in [7, 11) is 0. The zero-order valence-electron chi connectivity index (χ0n) is 16.1. The molecule has 2 aromatic heterocycles. The van der Waals surface area contributed by atoms with Gasteiger partial charge in [-0.1, -0.05) is 39.8 Å². The Kier molecular flexibility index (Phi) is 6.85. The summed E-state index contributed by atoms with van der Waals surface area (Å²) in [5.74, 6) is 0.639. The van der Waals surface area contributed by atoms with Crippen molar-refractivity contribution in [1.29, 1.82) is 0 Å². The molecule has 1 aromatic carbocycles. The minimum absolute atomic E-state index is 0.0506. The van der Waals surface area contributed by atoms with Gasteiger partial charge < -0.3 is 5.32 Å². The summed E-state index contributed by atoms with van der Waals surface area (Å²) in [4.78, 5) is 21.4. The van der Waals surface area contributed by atoms with Crippen LogP contribution in [0.15, 0.2) is 46.2 Å². The van der Waals surface area contributed by atoms with E-state index >= 15 is 0 Å². The zero-order chi connectivity index (χ0) is 20.1. The van der Waals surface area contributed by atoms with Crippen molar-refractivity contribution in [3.63, 3.8) is 0 Å². The Hall–Kier alpha value is -2.19. The third-order valence-corrected chi connectivity index (χ3v) is 5.49. The highest BCUT2D eigenvalue weighted by Gasteiger charge is 2.12. The van der Waals surface area contributed by atoms with Crippen LogP contribution in [0.1, 0.15) is 28.9 Å². The molecule has 6 nitrogen and oxygen atoms in total. The Morgan fingerprint density at radius 3 is 2.46 bits per heavy atom. The van der Waals surface area contributed by atoms with Gasteiger partial charge in [0.25, 0.3) is 0 Å².